The largest absolute Gasteiger partial charge is 0.346 e. The number of nitrogens with one attached hydrogen (secondary N) is 1. The van der Waals surface area contributed by atoms with Gasteiger partial charge < -0.3 is 5.32 Å². The molecule has 1 amide bonds. The standard InChI is InChI=1S/C23H24F2N2O.H2S/c1-15(2)12-23(3,13-16-6-4-8-19(24)10-16)27-22(28)18-11-17-7-5-9-20(25)21(17)26-14-18;/h4-11,14-15H,12-13H2,1-3H3,(H,27,28);1H2/t23-;/m0./s1. The second kappa shape index (κ2) is 9.35. The van der Waals surface area contributed by atoms with Crippen molar-refractivity contribution in [2.75, 3.05) is 0 Å². The van der Waals surface area contributed by atoms with Gasteiger partial charge in [0.15, 0.2) is 0 Å². The van der Waals surface area contributed by atoms with Crippen molar-refractivity contribution < 1.29 is 13.6 Å². The molecule has 2 aromatic carbocycles. The van der Waals surface area contributed by atoms with Crippen LogP contribution in [0.1, 0.15) is 43.1 Å². The smallest absolute Gasteiger partial charge is 0.253 e. The van der Waals surface area contributed by atoms with Crippen molar-refractivity contribution in [3.8, 4) is 0 Å². The quantitative estimate of drug-likeness (QED) is 0.584. The van der Waals surface area contributed by atoms with Crippen molar-refractivity contribution >= 4 is 30.3 Å². The highest BCUT2D eigenvalue weighted by Gasteiger charge is 2.28. The van der Waals surface area contributed by atoms with Gasteiger partial charge in [0, 0.05) is 17.1 Å². The van der Waals surface area contributed by atoms with Gasteiger partial charge in [-0.3, -0.25) is 9.78 Å². The SMILES string of the molecule is CC(C)C[C@@](C)(Cc1cccc(F)c1)NC(=O)c1cnc2c(F)cccc2c1.S. The van der Waals surface area contributed by atoms with E-state index in [1.807, 2.05) is 13.0 Å². The highest BCUT2D eigenvalue weighted by atomic mass is 32.1. The Morgan fingerprint density at radius 1 is 1.14 bits per heavy atom. The van der Waals surface area contributed by atoms with Crippen LogP contribution in [0.25, 0.3) is 10.9 Å². The van der Waals surface area contributed by atoms with Gasteiger partial charge in [0.05, 0.1) is 5.56 Å². The van der Waals surface area contributed by atoms with Crippen molar-refractivity contribution in [3.05, 3.63) is 77.5 Å². The molecule has 0 bridgehead atoms. The van der Waals surface area contributed by atoms with E-state index >= 15 is 0 Å². The molecule has 0 aliphatic rings. The average molecular weight is 417 g/mol. The van der Waals surface area contributed by atoms with E-state index in [4.69, 9.17) is 0 Å². The molecule has 1 atom stereocenters. The topological polar surface area (TPSA) is 42.0 Å². The third-order valence-corrected chi connectivity index (χ3v) is 4.68. The third kappa shape index (κ3) is 5.76. The molecule has 29 heavy (non-hydrogen) atoms. The van der Waals surface area contributed by atoms with E-state index < -0.39 is 11.4 Å². The molecule has 0 saturated carbocycles. The summed E-state index contributed by atoms with van der Waals surface area (Å²) in [5, 5.41) is 3.67. The van der Waals surface area contributed by atoms with Crippen LogP contribution in [-0.4, -0.2) is 16.4 Å². The average Bonchev–Trinajstić information content (AvgIpc) is 2.60. The summed E-state index contributed by atoms with van der Waals surface area (Å²) < 4.78 is 27.4. The number of fused-ring (bicyclic) bond motifs is 1. The monoisotopic (exact) mass is 416 g/mol. The predicted octanol–water partition coefficient (Wildman–Crippen LogP) is 5.40. The van der Waals surface area contributed by atoms with Gasteiger partial charge in [-0.25, -0.2) is 8.78 Å². The summed E-state index contributed by atoms with van der Waals surface area (Å²) in [6.45, 7) is 6.12. The lowest BCUT2D eigenvalue weighted by Crippen LogP contribution is -2.48. The first-order valence-corrected chi connectivity index (χ1v) is 9.37. The Morgan fingerprint density at radius 2 is 1.86 bits per heavy atom. The Balaban J connectivity index is 0.00000300. The number of hydrogen-bond acceptors (Lipinski definition) is 2. The van der Waals surface area contributed by atoms with Gasteiger partial charge >= 0.3 is 0 Å². The summed E-state index contributed by atoms with van der Waals surface area (Å²) in [6, 6.07) is 12.7. The van der Waals surface area contributed by atoms with Crippen molar-refractivity contribution in [2.45, 2.75) is 39.2 Å². The van der Waals surface area contributed by atoms with Crippen LogP contribution < -0.4 is 5.32 Å². The molecule has 1 heterocycles. The number of carbonyl (C=O) groups excluding carboxylic acids is 1. The number of pyridine rings is 1. The molecule has 0 unspecified atom stereocenters. The van der Waals surface area contributed by atoms with Gasteiger partial charge in [0.25, 0.3) is 5.91 Å². The maximum absolute atomic E-state index is 13.8. The molecular weight excluding hydrogens is 390 g/mol. The Hall–Kier alpha value is -2.47. The van der Waals surface area contributed by atoms with E-state index in [9.17, 15) is 13.6 Å². The van der Waals surface area contributed by atoms with Crippen molar-refractivity contribution in [3.63, 3.8) is 0 Å². The fourth-order valence-electron chi connectivity index (χ4n) is 3.76. The van der Waals surface area contributed by atoms with Crippen LogP contribution >= 0.6 is 13.5 Å². The number of aromatic nitrogens is 1. The molecule has 1 aromatic heterocycles. The molecule has 0 fully saturated rings. The molecule has 154 valence electrons. The summed E-state index contributed by atoms with van der Waals surface area (Å²) in [5.41, 5.74) is 0.869. The Labute approximate surface area is 177 Å². The van der Waals surface area contributed by atoms with E-state index in [1.54, 1.807) is 24.3 Å². The van der Waals surface area contributed by atoms with Gasteiger partial charge in [-0.05, 0) is 55.5 Å². The van der Waals surface area contributed by atoms with Crippen LogP contribution in [0.15, 0.2) is 54.7 Å². The fraction of sp³-hybridized carbons (Fsp3) is 0.304. The zero-order chi connectivity index (χ0) is 20.3. The molecule has 0 radical (unpaired) electrons. The number of benzene rings is 2. The minimum absolute atomic E-state index is 0. The summed E-state index contributed by atoms with van der Waals surface area (Å²) in [5.74, 6) is -0.655. The number of hydrogen-bond donors (Lipinski definition) is 1. The molecule has 3 rings (SSSR count). The summed E-state index contributed by atoms with van der Waals surface area (Å²) in [7, 11) is 0. The van der Waals surface area contributed by atoms with Gasteiger partial charge in [0.1, 0.15) is 17.2 Å². The van der Waals surface area contributed by atoms with E-state index in [0.29, 0.717) is 23.3 Å². The Bertz CT molecular complexity index is 1010. The highest BCUT2D eigenvalue weighted by Crippen LogP contribution is 2.24. The summed E-state index contributed by atoms with van der Waals surface area (Å²) in [6.07, 6.45) is 2.62. The Morgan fingerprint density at radius 3 is 2.55 bits per heavy atom. The minimum Gasteiger partial charge on any atom is -0.346 e. The third-order valence-electron chi connectivity index (χ3n) is 4.68. The van der Waals surface area contributed by atoms with Crippen LogP contribution in [0.3, 0.4) is 0 Å². The van der Waals surface area contributed by atoms with Crippen LogP contribution in [0.5, 0.6) is 0 Å². The van der Waals surface area contributed by atoms with E-state index in [-0.39, 0.29) is 30.7 Å². The van der Waals surface area contributed by atoms with Crippen molar-refractivity contribution in [2.24, 2.45) is 5.92 Å². The molecule has 3 nitrogen and oxygen atoms in total. The number of nitrogens with zero attached hydrogens (tertiary/aromatic N) is 1. The normalized spacial score (nSPS) is 13.0. The van der Waals surface area contributed by atoms with Crippen LogP contribution in [0.2, 0.25) is 0 Å². The molecule has 1 N–H and O–H groups in total. The van der Waals surface area contributed by atoms with Crippen molar-refractivity contribution in [1.29, 1.82) is 0 Å². The lowest BCUT2D eigenvalue weighted by Gasteiger charge is -2.33. The number of rotatable bonds is 6. The Kier molecular flexibility index (Phi) is 7.36. The minimum atomic E-state index is -0.560. The number of amides is 1. The van der Waals surface area contributed by atoms with Crippen LogP contribution in [-0.2, 0) is 6.42 Å². The van der Waals surface area contributed by atoms with Gasteiger partial charge in [0.2, 0.25) is 0 Å². The van der Waals surface area contributed by atoms with E-state index in [0.717, 1.165) is 12.0 Å². The van der Waals surface area contributed by atoms with Gasteiger partial charge in [-0.15, -0.1) is 0 Å². The molecule has 0 aliphatic carbocycles. The summed E-state index contributed by atoms with van der Waals surface area (Å²) >= 11 is 0. The van der Waals surface area contributed by atoms with Gasteiger partial charge in [-0.2, -0.15) is 13.5 Å². The first kappa shape index (κ1) is 22.8. The van der Waals surface area contributed by atoms with Crippen LogP contribution in [0, 0.1) is 17.6 Å². The molecule has 6 heteroatoms. The highest BCUT2D eigenvalue weighted by molar-refractivity contribution is 7.59. The first-order valence-electron chi connectivity index (χ1n) is 9.37. The zero-order valence-electron chi connectivity index (χ0n) is 16.8. The zero-order valence-corrected chi connectivity index (χ0v) is 17.8. The number of halogens is 2. The number of para-hydroxylation sites is 1. The molecular formula is C23H26F2N2OS. The maximum atomic E-state index is 13.8. The second-order valence-electron chi connectivity index (χ2n) is 7.96. The van der Waals surface area contributed by atoms with E-state index in [2.05, 4.69) is 24.1 Å². The summed E-state index contributed by atoms with van der Waals surface area (Å²) in [4.78, 5) is 17.0. The fourth-order valence-corrected chi connectivity index (χ4v) is 3.76. The maximum Gasteiger partial charge on any atom is 0.253 e. The lowest BCUT2D eigenvalue weighted by atomic mass is 9.84. The lowest BCUT2D eigenvalue weighted by molar-refractivity contribution is 0.0894. The molecule has 0 saturated heterocycles. The van der Waals surface area contributed by atoms with Gasteiger partial charge in [-0.1, -0.05) is 38.1 Å². The van der Waals surface area contributed by atoms with Crippen molar-refractivity contribution in [1.82, 2.24) is 10.3 Å². The van der Waals surface area contributed by atoms with Crippen LogP contribution in [0.4, 0.5) is 8.78 Å². The molecule has 0 spiro atoms. The number of carbonyl (C=O) groups is 1. The molecule has 3 aromatic rings. The molecule has 0 aliphatic heterocycles. The predicted molar refractivity (Wildman–Crippen MR) is 118 cm³/mol. The van der Waals surface area contributed by atoms with E-state index in [1.165, 1.54) is 24.4 Å². The first-order chi connectivity index (χ1) is 13.3. The second-order valence-corrected chi connectivity index (χ2v) is 7.96.